The second kappa shape index (κ2) is 28.1. The number of esters is 9. The van der Waals surface area contributed by atoms with Gasteiger partial charge in [-0.2, -0.15) is 0 Å². The van der Waals surface area contributed by atoms with Crippen molar-refractivity contribution in [3.05, 3.63) is 0 Å². The van der Waals surface area contributed by atoms with E-state index in [1.807, 2.05) is 0 Å². The standard InChI is InChI=1S/C39H58O20/c1-21(38(11-12-40)58-29(9)49)39(59-30(10)50)19-36(56-27(7)47)17-34(54-25(5)45)15-32(52-23(3)43)13-31(51-22(2)42)14-33(53-24(4)44)16-35(55-26(6)46)18-37(20-41)57-28(8)48/h12,20-21,31-39H,11,13-19H2,1-10H3/t21-,31-,32-,33+,34+,35+,36+,37+,38-,39+/m0/s1. The summed E-state index contributed by atoms with van der Waals surface area (Å²) in [6.07, 6.45) is -11.7. The van der Waals surface area contributed by atoms with E-state index in [9.17, 15) is 52.7 Å². The van der Waals surface area contributed by atoms with Crippen LogP contribution in [0.15, 0.2) is 0 Å². The van der Waals surface area contributed by atoms with Gasteiger partial charge in [0.05, 0.1) is 0 Å². The van der Waals surface area contributed by atoms with E-state index in [0.29, 0.717) is 12.6 Å². The van der Waals surface area contributed by atoms with Gasteiger partial charge in [0.25, 0.3) is 0 Å². The molecule has 20 heteroatoms. The number of ether oxygens (including phenoxy) is 9. The molecule has 0 rings (SSSR count). The molecular formula is C39H58O20. The molecule has 0 amide bonds. The number of rotatable bonds is 28. The summed E-state index contributed by atoms with van der Waals surface area (Å²) in [5, 5.41) is 0. The van der Waals surface area contributed by atoms with Gasteiger partial charge in [-0.25, -0.2) is 0 Å². The van der Waals surface area contributed by atoms with E-state index in [1.165, 1.54) is 0 Å². The maximum absolute atomic E-state index is 12.4. The quantitative estimate of drug-likeness (QED) is 0.0621. The number of carbonyl (C=O) groups excluding carboxylic acids is 11. The minimum atomic E-state index is -1.32. The van der Waals surface area contributed by atoms with Crippen molar-refractivity contribution < 1.29 is 95.4 Å². The lowest BCUT2D eigenvalue weighted by molar-refractivity contribution is -0.165. The van der Waals surface area contributed by atoms with Crippen LogP contribution in [-0.2, 0) is 95.4 Å². The Morgan fingerprint density at radius 2 is 0.610 bits per heavy atom. The molecule has 0 aromatic carbocycles. The van der Waals surface area contributed by atoms with Gasteiger partial charge < -0.3 is 47.4 Å². The Morgan fingerprint density at radius 3 is 0.864 bits per heavy atom. The van der Waals surface area contributed by atoms with Gasteiger partial charge in [-0.3, -0.25) is 47.9 Å². The lowest BCUT2D eigenvalue weighted by Crippen LogP contribution is -2.40. The van der Waals surface area contributed by atoms with Crippen molar-refractivity contribution in [2.24, 2.45) is 5.92 Å². The average Bonchev–Trinajstić information content (AvgIpc) is 3.04. The van der Waals surface area contributed by atoms with Gasteiger partial charge in [0.1, 0.15) is 55.1 Å². The maximum Gasteiger partial charge on any atom is 0.303 e. The first kappa shape index (κ1) is 53.6. The normalized spacial score (nSPS) is 15.9. The molecule has 0 aromatic rings. The van der Waals surface area contributed by atoms with Crippen molar-refractivity contribution in [2.45, 2.75) is 176 Å². The molecule has 20 nitrogen and oxygen atoms in total. The summed E-state index contributed by atoms with van der Waals surface area (Å²) in [5.41, 5.74) is 0. The van der Waals surface area contributed by atoms with E-state index in [2.05, 4.69) is 0 Å². The van der Waals surface area contributed by atoms with Gasteiger partial charge in [0, 0.05) is 120 Å². The molecule has 0 radical (unpaired) electrons. The third-order valence-electron chi connectivity index (χ3n) is 8.22. The zero-order valence-corrected chi connectivity index (χ0v) is 35.3. The van der Waals surface area contributed by atoms with Crippen LogP contribution >= 0.6 is 0 Å². The fraction of sp³-hybridized carbons (Fsp3) is 0.718. The van der Waals surface area contributed by atoms with Crippen LogP contribution in [0.3, 0.4) is 0 Å². The molecule has 0 fully saturated rings. The van der Waals surface area contributed by atoms with Crippen molar-refractivity contribution in [2.75, 3.05) is 0 Å². The SMILES string of the molecule is CC(=O)O[C@@H](C[C@@H](C[C@H](C[C@H](C[C@@H](OC(C)=O)[C@@H](C)[C@H](CC=O)OC(C)=O)OC(C)=O)OC(C)=O)OC(C)=O)C[C@H](C[C@H](C[C@H](C=O)OC(C)=O)OC(C)=O)OC(C)=O. The first-order valence-corrected chi connectivity index (χ1v) is 18.9. The molecule has 59 heavy (non-hydrogen) atoms. The third-order valence-corrected chi connectivity index (χ3v) is 8.22. The van der Waals surface area contributed by atoms with Gasteiger partial charge in [0.15, 0.2) is 12.4 Å². The van der Waals surface area contributed by atoms with E-state index in [-0.39, 0.29) is 51.4 Å². The van der Waals surface area contributed by atoms with Crippen LogP contribution < -0.4 is 0 Å². The summed E-state index contributed by atoms with van der Waals surface area (Å²) in [4.78, 5) is 132. The number of aldehydes is 2. The summed E-state index contributed by atoms with van der Waals surface area (Å²) >= 11 is 0. The van der Waals surface area contributed by atoms with Crippen LogP contribution in [0.1, 0.15) is 121 Å². The summed E-state index contributed by atoms with van der Waals surface area (Å²) in [7, 11) is 0. The highest BCUT2D eigenvalue weighted by Crippen LogP contribution is 2.28. The molecule has 0 heterocycles. The molecule has 0 unspecified atom stereocenters. The van der Waals surface area contributed by atoms with Gasteiger partial charge in [-0.1, -0.05) is 6.92 Å². The Labute approximate surface area is 342 Å². The summed E-state index contributed by atoms with van der Waals surface area (Å²) < 4.78 is 48.7. The Kier molecular flexibility index (Phi) is 25.5. The first-order chi connectivity index (χ1) is 27.4. The highest BCUT2D eigenvalue weighted by Gasteiger charge is 2.37. The molecule has 0 aromatic heterocycles. The van der Waals surface area contributed by atoms with Crippen LogP contribution in [0.5, 0.6) is 0 Å². The van der Waals surface area contributed by atoms with E-state index >= 15 is 0 Å². The Hall–Kier alpha value is -5.43. The van der Waals surface area contributed by atoms with Crippen molar-refractivity contribution >= 4 is 66.3 Å². The summed E-state index contributed by atoms with van der Waals surface area (Å²) in [6, 6.07) is 0. The second-order valence-electron chi connectivity index (χ2n) is 13.9. The lowest BCUT2D eigenvalue weighted by Gasteiger charge is -2.33. The zero-order valence-electron chi connectivity index (χ0n) is 35.3. The van der Waals surface area contributed by atoms with Gasteiger partial charge >= 0.3 is 53.7 Å². The highest BCUT2D eigenvalue weighted by atomic mass is 16.6. The van der Waals surface area contributed by atoms with Crippen molar-refractivity contribution in [3.8, 4) is 0 Å². The average molecular weight is 847 g/mol. The molecular weight excluding hydrogens is 788 g/mol. The number of carbonyl (C=O) groups is 11. The largest absolute Gasteiger partial charge is 0.462 e. The molecule has 334 valence electrons. The molecule has 0 bridgehead atoms. The summed E-state index contributed by atoms with van der Waals surface area (Å²) in [6.45, 7) is 11.5. The van der Waals surface area contributed by atoms with Crippen LogP contribution in [-0.4, -0.2) is 121 Å². The fourth-order valence-corrected chi connectivity index (χ4v) is 6.39. The smallest absolute Gasteiger partial charge is 0.303 e. The Balaban J connectivity index is 6.79. The fourth-order valence-electron chi connectivity index (χ4n) is 6.39. The van der Waals surface area contributed by atoms with Crippen molar-refractivity contribution in [3.63, 3.8) is 0 Å². The lowest BCUT2D eigenvalue weighted by atomic mass is 9.89. The Bertz CT molecular complexity index is 1460. The van der Waals surface area contributed by atoms with Crippen LogP contribution in [0, 0.1) is 5.92 Å². The molecule has 0 aliphatic heterocycles. The summed E-state index contributed by atoms with van der Waals surface area (Å²) in [5.74, 6) is -7.68. The third kappa shape index (κ3) is 26.2. The molecule has 0 aliphatic carbocycles. The highest BCUT2D eigenvalue weighted by molar-refractivity contribution is 5.71. The van der Waals surface area contributed by atoms with E-state index in [0.717, 1.165) is 62.3 Å². The van der Waals surface area contributed by atoms with E-state index < -0.39 is 115 Å². The zero-order chi connectivity index (χ0) is 45.4. The van der Waals surface area contributed by atoms with Crippen LogP contribution in [0.4, 0.5) is 0 Å². The van der Waals surface area contributed by atoms with E-state index in [4.69, 9.17) is 42.6 Å². The maximum atomic E-state index is 12.4. The molecule has 0 saturated carbocycles. The van der Waals surface area contributed by atoms with Gasteiger partial charge in [0.2, 0.25) is 0 Å². The molecule has 0 N–H and O–H groups in total. The predicted octanol–water partition coefficient (Wildman–Crippen LogP) is 2.53. The molecule has 0 aliphatic rings. The first-order valence-electron chi connectivity index (χ1n) is 18.9. The van der Waals surface area contributed by atoms with Crippen molar-refractivity contribution in [1.29, 1.82) is 0 Å². The molecule has 10 atom stereocenters. The Morgan fingerprint density at radius 1 is 0.356 bits per heavy atom. The van der Waals surface area contributed by atoms with Crippen LogP contribution in [0.2, 0.25) is 0 Å². The van der Waals surface area contributed by atoms with Crippen molar-refractivity contribution in [1.82, 2.24) is 0 Å². The minimum Gasteiger partial charge on any atom is -0.462 e. The molecule has 0 saturated heterocycles. The molecule has 0 spiro atoms. The monoisotopic (exact) mass is 846 g/mol. The van der Waals surface area contributed by atoms with Gasteiger partial charge in [-0.05, 0) is 0 Å². The van der Waals surface area contributed by atoms with Gasteiger partial charge in [-0.15, -0.1) is 0 Å². The predicted molar refractivity (Wildman–Crippen MR) is 198 cm³/mol. The van der Waals surface area contributed by atoms with Crippen LogP contribution in [0.25, 0.3) is 0 Å². The van der Waals surface area contributed by atoms with E-state index in [1.54, 1.807) is 6.92 Å². The second-order valence-corrected chi connectivity index (χ2v) is 13.9. The number of hydrogen-bond donors (Lipinski definition) is 0. The topological polar surface area (TPSA) is 271 Å². The number of hydrogen-bond acceptors (Lipinski definition) is 20. The minimum absolute atomic E-state index is 0.223.